The maximum absolute atomic E-state index is 13.7. The van der Waals surface area contributed by atoms with Crippen molar-refractivity contribution in [3.05, 3.63) is 36.3 Å². The van der Waals surface area contributed by atoms with E-state index in [1.54, 1.807) is 30.2 Å². The molecule has 2 aromatic rings. The monoisotopic (exact) mass is 494 g/mol. The van der Waals surface area contributed by atoms with E-state index in [0.29, 0.717) is 23.9 Å². The first-order valence-corrected chi connectivity index (χ1v) is 13.3. The van der Waals surface area contributed by atoms with Crippen LogP contribution in [0.25, 0.3) is 0 Å². The zero-order chi connectivity index (χ0) is 25.3. The van der Waals surface area contributed by atoms with Crippen LogP contribution in [0.15, 0.2) is 30.6 Å². The van der Waals surface area contributed by atoms with Gasteiger partial charge in [-0.25, -0.2) is 4.98 Å². The van der Waals surface area contributed by atoms with Gasteiger partial charge in [0, 0.05) is 26.3 Å². The third-order valence-electron chi connectivity index (χ3n) is 8.42. The van der Waals surface area contributed by atoms with Crippen molar-refractivity contribution in [3.63, 3.8) is 0 Å². The molecule has 2 amide bonds. The van der Waals surface area contributed by atoms with Crippen molar-refractivity contribution < 1.29 is 14.3 Å². The predicted octanol–water partition coefficient (Wildman–Crippen LogP) is 3.38. The van der Waals surface area contributed by atoms with Crippen molar-refractivity contribution in [3.8, 4) is 0 Å². The van der Waals surface area contributed by atoms with Crippen LogP contribution in [0.3, 0.4) is 0 Å². The van der Waals surface area contributed by atoms with E-state index in [-0.39, 0.29) is 29.3 Å². The fourth-order valence-electron chi connectivity index (χ4n) is 5.74. The standard InChI is InChI=1S/C27H38N6O3/c1-4-20-17-33(14-15-36-20)22-9-8-19(16-28-22)30-26(35)24(31-25(34)21-10-13-29-32(21)3)23(18-6-5-7-18)27(2)11-12-27/h8-10,13,16,18,20,23-24H,4-7,11-12,14-15,17H2,1-3H3,(H,30,35)(H,31,34)/t20?,23?,24-/m0/s1. The van der Waals surface area contributed by atoms with Gasteiger partial charge in [-0.05, 0) is 54.7 Å². The molecule has 0 spiro atoms. The molecule has 194 valence electrons. The van der Waals surface area contributed by atoms with E-state index in [4.69, 9.17) is 4.74 Å². The van der Waals surface area contributed by atoms with E-state index in [1.165, 1.54) is 6.42 Å². The fourth-order valence-corrected chi connectivity index (χ4v) is 5.74. The first-order valence-electron chi connectivity index (χ1n) is 13.3. The molecule has 5 rings (SSSR count). The summed E-state index contributed by atoms with van der Waals surface area (Å²) >= 11 is 0. The Morgan fingerprint density at radius 1 is 1.25 bits per heavy atom. The Bertz CT molecular complexity index is 1080. The van der Waals surface area contributed by atoms with Gasteiger partial charge in [-0.2, -0.15) is 5.10 Å². The summed E-state index contributed by atoms with van der Waals surface area (Å²) in [5, 5.41) is 10.3. The van der Waals surface area contributed by atoms with E-state index in [9.17, 15) is 9.59 Å². The Hall–Kier alpha value is -2.94. The summed E-state index contributed by atoms with van der Waals surface area (Å²) in [7, 11) is 1.74. The van der Waals surface area contributed by atoms with Gasteiger partial charge >= 0.3 is 0 Å². The molecule has 1 aliphatic heterocycles. The predicted molar refractivity (Wildman–Crippen MR) is 138 cm³/mol. The molecule has 36 heavy (non-hydrogen) atoms. The minimum absolute atomic E-state index is 0.0844. The fraction of sp³-hybridized carbons (Fsp3) is 0.630. The molecule has 3 aliphatic rings. The largest absolute Gasteiger partial charge is 0.375 e. The molecule has 1 saturated heterocycles. The number of aromatic nitrogens is 3. The highest BCUT2D eigenvalue weighted by Gasteiger charge is 2.54. The van der Waals surface area contributed by atoms with E-state index in [2.05, 4.69) is 39.5 Å². The average molecular weight is 495 g/mol. The summed E-state index contributed by atoms with van der Waals surface area (Å²) in [6.07, 6.45) is 10.1. The molecule has 0 radical (unpaired) electrons. The lowest BCUT2D eigenvalue weighted by atomic mass is 9.66. The van der Waals surface area contributed by atoms with Gasteiger partial charge in [-0.15, -0.1) is 0 Å². The molecule has 2 unspecified atom stereocenters. The zero-order valence-corrected chi connectivity index (χ0v) is 21.6. The van der Waals surface area contributed by atoms with Gasteiger partial charge in [0.2, 0.25) is 5.91 Å². The van der Waals surface area contributed by atoms with Gasteiger partial charge in [0.15, 0.2) is 0 Å². The SMILES string of the molecule is CCC1CN(c2ccc(NC(=O)[C@@H](NC(=O)c3ccnn3C)C(C3CCC3)C3(C)CC3)cn2)CCO1. The highest BCUT2D eigenvalue weighted by molar-refractivity contribution is 6.00. The van der Waals surface area contributed by atoms with Crippen molar-refractivity contribution >= 4 is 23.3 Å². The summed E-state index contributed by atoms with van der Waals surface area (Å²) in [5.74, 6) is 0.995. The molecule has 2 saturated carbocycles. The van der Waals surface area contributed by atoms with Gasteiger partial charge in [0.25, 0.3) is 5.91 Å². The Labute approximate surface area is 213 Å². The molecule has 9 nitrogen and oxygen atoms in total. The number of hydrogen-bond acceptors (Lipinski definition) is 6. The number of pyridine rings is 1. The number of hydrogen-bond donors (Lipinski definition) is 2. The van der Waals surface area contributed by atoms with Crippen LogP contribution < -0.4 is 15.5 Å². The number of nitrogens with one attached hydrogen (secondary N) is 2. The Morgan fingerprint density at radius 3 is 2.64 bits per heavy atom. The number of carbonyl (C=O) groups excluding carboxylic acids is 2. The number of morpholine rings is 1. The van der Waals surface area contributed by atoms with Gasteiger partial charge in [-0.1, -0.05) is 33.1 Å². The minimum atomic E-state index is -0.616. The van der Waals surface area contributed by atoms with Crippen LogP contribution in [0.1, 0.15) is 62.9 Å². The highest BCUT2D eigenvalue weighted by atomic mass is 16.5. The normalized spacial score (nSPS) is 22.9. The average Bonchev–Trinajstić information content (AvgIpc) is 3.45. The van der Waals surface area contributed by atoms with E-state index in [0.717, 1.165) is 51.0 Å². The molecule has 0 aromatic carbocycles. The van der Waals surface area contributed by atoms with Gasteiger partial charge in [0.1, 0.15) is 17.6 Å². The zero-order valence-electron chi connectivity index (χ0n) is 21.6. The van der Waals surface area contributed by atoms with Crippen LogP contribution in [0.2, 0.25) is 0 Å². The molecule has 2 aliphatic carbocycles. The second-order valence-electron chi connectivity index (χ2n) is 10.9. The number of rotatable bonds is 9. The van der Waals surface area contributed by atoms with Crippen LogP contribution in [-0.2, 0) is 16.6 Å². The molecule has 3 atom stereocenters. The first-order chi connectivity index (χ1) is 17.4. The van der Waals surface area contributed by atoms with Gasteiger partial charge in [0.05, 0.1) is 24.6 Å². The van der Waals surface area contributed by atoms with Gasteiger partial charge < -0.3 is 20.3 Å². The number of amides is 2. The number of ether oxygens (including phenoxy) is 1. The van der Waals surface area contributed by atoms with Gasteiger partial charge in [-0.3, -0.25) is 14.3 Å². The van der Waals surface area contributed by atoms with E-state index < -0.39 is 6.04 Å². The second-order valence-corrected chi connectivity index (χ2v) is 10.9. The van der Waals surface area contributed by atoms with Crippen LogP contribution in [0.5, 0.6) is 0 Å². The molecule has 3 heterocycles. The Balaban J connectivity index is 1.33. The topological polar surface area (TPSA) is 101 Å². The second kappa shape index (κ2) is 10.2. The Morgan fingerprint density at radius 2 is 2.06 bits per heavy atom. The molecule has 9 heteroatoms. The third kappa shape index (κ3) is 5.12. The molecule has 2 N–H and O–H groups in total. The lowest BCUT2D eigenvalue weighted by molar-refractivity contribution is -0.121. The molecule has 0 bridgehead atoms. The summed E-state index contributed by atoms with van der Waals surface area (Å²) in [5.41, 5.74) is 1.17. The summed E-state index contributed by atoms with van der Waals surface area (Å²) in [4.78, 5) is 33.7. The minimum Gasteiger partial charge on any atom is -0.375 e. The lowest BCUT2D eigenvalue weighted by Crippen LogP contribution is -2.54. The van der Waals surface area contributed by atoms with Crippen molar-refractivity contribution in [2.45, 2.75) is 64.5 Å². The quantitative estimate of drug-likeness (QED) is 0.554. The number of aryl methyl sites for hydroxylation is 1. The molecule has 2 aromatic heterocycles. The summed E-state index contributed by atoms with van der Waals surface area (Å²) in [6, 6.07) is 4.91. The number of carbonyl (C=O) groups is 2. The number of anilines is 2. The maximum atomic E-state index is 13.7. The Kier molecular flexibility index (Phi) is 7.01. The highest BCUT2D eigenvalue weighted by Crippen LogP contribution is 2.58. The van der Waals surface area contributed by atoms with E-state index in [1.807, 2.05) is 12.1 Å². The maximum Gasteiger partial charge on any atom is 0.270 e. The third-order valence-corrected chi connectivity index (χ3v) is 8.42. The molecular formula is C27H38N6O3. The smallest absolute Gasteiger partial charge is 0.270 e. The van der Waals surface area contributed by atoms with Crippen molar-refractivity contribution in [1.29, 1.82) is 0 Å². The summed E-state index contributed by atoms with van der Waals surface area (Å²) < 4.78 is 7.31. The van der Waals surface area contributed by atoms with Crippen molar-refractivity contribution in [2.24, 2.45) is 24.3 Å². The molecular weight excluding hydrogens is 456 g/mol. The number of nitrogens with zero attached hydrogens (tertiary/aromatic N) is 4. The van der Waals surface area contributed by atoms with Crippen molar-refractivity contribution in [2.75, 3.05) is 29.9 Å². The molecule has 3 fully saturated rings. The van der Waals surface area contributed by atoms with Crippen molar-refractivity contribution in [1.82, 2.24) is 20.1 Å². The van der Waals surface area contributed by atoms with Crippen LogP contribution in [-0.4, -0.2) is 58.4 Å². The van der Waals surface area contributed by atoms with Crippen LogP contribution >= 0.6 is 0 Å². The van der Waals surface area contributed by atoms with E-state index >= 15 is 0 Å². The lowest BCUT2D eigenvalue weighted by Gasteiger charge is -2.42. The first kappa shape index (κ1) is 24.7. The van der Waals surface area contributed by atoms with Crippen LogP contribution in [0, 0.1) is 17.3 Å². The summed E-state index contributed by atoms with van der Waals surface area (Å²) in [6.45, 7) is 6.70. The van der Waals surface area contributed by atoms with Crippen LogP contribution in [0.4, 0.5) is 11.5 Å².